The molecule has 0 saturated carbocycles. The van der Waals surface area contributed by atoms with Gasteiger partial charge in [0.15, 0.2) is 0 Å². The van der Waals surface area contributed by atoms with Crippen molar-refractivity contribution in [2.45, 2.75) is 33.2 Å². The van der Waals surface area contributed by atoms with Crippen molar-refractivity contribution in [2.75, 3.05) is 0 Å². The fourth-order valence-corrected chi connectivity index (χ4v) is 2.28. The van der Waals surface area contributed by atoms with E-state index in [0.29, 0.717) is 16.6 Å². The molecular formula is C13H17Cl2NO. The van der Waals surface area contributed by atoms with Gasteiger partial charge in [-0.15, -0.1) is 0 Å². The monoisotopic (exact) mass is 273 g/mol. The third kappa shape index (κ3) is 4.57. The molecule has 94 valence electrons. The number of carbonyl (C=O) groups is 1. The average Bonchev–Trinajstić information content (AvgIpc) is 2.27. The van der Waals surface area contributed by atoms with Crippen LogP contribution in [0.3, 0.4) is 0 Å². The summed E-state index contributed by atoms with van der Waals surface area (Å²) >= 11 is 11.8. The van der Waals surface area contributed by atoms with Crippen LogP contribution < -0.4 is 5.32 Å². The molecular weight excluding hydrogens is 257 g/mol. The summed E-state index contributed by atoms with van der Waals surface area (Å²) in [6.45, 7) is 4.50. The van der Waals surface area contributed by atoms with Gasteiger partial charge in [-0.1, -0.05) is 37.0 Å². The van der Waals surface area contributed by atoms with Crippen LogP contribution in [0.15, 0.2) is 18.2 Å². The first-order valence-corrected chi connectivity index (χ1v) is 6.55. The topological polar surface area (TPSA) is 29.1 Å². The van der Waals surface area contributed by atoms with E-state index in [4.69, 9.17) is 23.2 Å². The maximum Gasteiger partial charge on any atom is 0.223 e. The van der Waals surface area contributed by atoms with Crippen LogP contribution in [0.4, 0.5) is 0 Å². The molecule has 0 spiro atoms. The zero-order chi connectivity index (χ0) is 12.8. The van der Waals surface area contributed by atoms with Crippen LogP contribution in [0, 0.1) is 5.92 Å². The minimum absolute atomic E-state index is 0.0876. The van der Waals surface area contributed by atoms with Crippen LogP contribution in [0.25, 0.3) is 0 Å². The third-order valence-corrected chi connectivity index (χ3v) is 3.18. The minimum atomic E-state index is 0.0876. The molecule has 4 heteroatoms. The van der Waals surface area contributed by atoms with Gasteiger partial charge in [-0.25, -0.2) is 0 Å². The quantitative estimate of drug-likeness (QED) is 0.862. The Kier molecular flexibility index (Phi) is 5.79. The normalized spacial score (nSPS) is 10.6. The summed E-state index contributed by atoms with van der Waals surface area (Å²) in [7, 11) is 0. The molecule has 1 amide bonds. The molecule has 0 unspecified atom stereocenters. The molecule has 0 saturated heterocycles. The van der Waals surface area contributed by atoms with Crippen molar-refractivity contribution in [1.82, 2.24) is 5.32 Å². The Labute approximate surface area is 112 Å². The van der Waals surface area contributed by atoms with Gasteiger partial charge in [0.25, 0.3) is 0 Å². The highest BCUT2D eigenvalue weighted by Gasteiger charge is 2.13. The number of hydrogen-bond donors (Lipinski definition) is 1. The smallest absolute Gasteiger partial charge is 0.223 e. The molecule has 0 aliphatic heterocycles. The molecule has 0 aliphatic rings. The van der Waals surface area contributed by atoms with Crippen LogP contribution in [-0.2, 0) is 11.3 Å². The first kappa shape index (κ1) is 14.3. The predicted molar refractivity (Wildman–Crippen MR) is 72.4 cm³/mol. The molecule has 1 aromatic rings. The van der Waals surface area contributed by atoms with E-state index in [1.807, 2.05) is 13.8 Å². The summed E-state index contributed by atoms with van der Waals surface area (Å²) in [5.74, 6) is 0.177. The number of carbonyl (C=O) groups excluding carboxylic acids is 1. The summed E-state index contributed by atoms with van der Waals surface area (Å²) in [6, 6.07) is 5.29. The molecule has 0 aromatic heterocycles. The second-order valence-electron chi connectivity index (χ2n) is 4.01. The molecule has 0 radical (unpaired) electrons. The maximum atomic E-state index is 11.8. The summed E-state index contributed by atoms with van der Waals surface area (Å²) in [4.78, 5) is 11.8. The summed E-state index contributed by atoms with van der Waals surface area (Å²) < 4.78 is 0. The fourth-order valence-electron chi connectivity index (χ4n) is 1.71. The Balaban J connectivity index is 2.58. The van der Waals surface area contributed by atoms with E-state index in [2.05, 4.69) is 5.32 Å². The van der Waals surface area contributed by atoms with Gasteiger partial charge in [0, 0.05) is 22.5 Å². The first-order chi connectivity index (χ1) is 8.06. The maximum absolute atomic E-state index is 11.8. The second-order valence-corrected chi connectivity index (χ2v) is 4.88. The van der Waals surface area contributed by atoms with E-state index < -0.39 is 0 Å². The molecule has 0 fully saturated rings. The van der Waals surface area contributed by atoms with Crippen LogP contribution in [-0.4, -0.2) is 5.91 Å². The minimum Gasteiger partial charge on any atom is -0.352 e. The van der Waals surface area contributed by atoms with E-state index in [0.717, 1.165) is 18.4 Å². The van der Waals surface area contributed by atoms with Crippen molar-refractivity contribution in [1.29, 1.82) is 0 Å². The lowest BCUT2D eigenvalue weighted by Gasteiger charge is -2.13. The molecule has 0 bridgehead atoms. The Hall–Kier alpha value is -0.730. The number of benzene rings is 1. The van der Waals surface area contributed by atoms with Gasteiger partial charge >= 0.3 is 0 Å². The SMILES string of the molecule is CCC(CC)C(=O)NCc1cc(Cl)cc(Cl)c1. The van der Waals surface area contributed by atoms with Crippen molar-refractivity contribution in [3.05, 3.63) is 33.8 Å². The Bertz CT molecular complexity index is 369. The van der Waals surface area contributed by atoms with Gasteiger partial charge in [-0.3, -0.25) is 4.79 Å². The van der Waals surface area contributed by atoms with Gasteiger partial charge in [0.1, 0.15) is 0 Å². The van der Waals surface area contributed by atoms with E-state index in [1.165, 1.54) is 0 Å². The fraction of sp³-hybridized carbons (Fsp3) is 0.462. The second kappa shape index (κ2) is 6.87. The number of nitrogens with one attached hydrogen (secondary N) is 1. The molecule has 0 heterocycles. The van der Waals surface area contributed by atoms with E-state index in [1.54, 1.807) is 18.2 Å². The summed E-state index contributed by atoms with van der Waals surface area (Å²) in [5.41, 5.74) is 0.918. The number of rotatable bonds is 5. The van der Waals surface area contributed by atoms with Crippen molar-refractivity contribution in [3.63, 3.8) is 0 Å². The number of hydrogen-bond acceptors (Lipinski definition) is 1. The van der Waals surface area contributed by atoms with Gasteiger partial charge in [0.05, 0.1) is 0 Å². The van der Waals surface area contributed by atoms with Gasteiger partial charge < -0.3 is 5.32 Å². The lowest BCUT2D eigenvalue weighted by molar-refractivity contribution is -0.125. The molecule has 2 nitrogen and oxygen atoms in total. The van der Waals surface area contributed by atoms with Crippen LogP contribution in [0.2, 0.25) is 10.0 Å². The standard InChI is InChI=1S/C13H17Cl2NO/c1-3-10(4-2)13(17)16-8-9-5-11(14)7-12(15)6-9/h5-7,10H,3-4,8H2,1-2H3,(H,16,17). The highest BCUT2D eigenvalue weighted by atomic mass is 35.5. The molecule has 0 atom stereocenters. The molecule has 0 aliphatic carbocycles. The van der Waals surface area contributed by atoms with E-state index >= 15 is 0 Å². The molecule has 1 aromatic carbocycles. The van der Waals surface area contributed by atoms with Crippen LogP contribution >= 0.6 is 23.2 Å². The Morgan fingerprint density at radius 1 is 1.18 bits per heavy atom. The Morgan fingerprint density at radius 3 is 2.18 bits per heavy atom. The largest absolute Gasteiger partial charge is 0.352 e. The Morgan fingerprint density at radius 2 is 1.71 bits per heavy atom. The van der Waals surface area contributed by atoms with Gasteiger partial charge in [0.2, 0.25) is 5.91 Å². The lowest BCUT2D eigenvalue weighted by Crippen LogP contribution is -2.29. The third-order valence-electron chi connectivity index (χ3n) is 2.75. The number of halogens is 2. The average molecular weight is 274 g/mol. The van der Waals surface area contributed by atoms with E-state index in [9.17, 15) is 4.79 Å². The van der Waals surface area contributed by atoms with Crippen molar-refractivity contribution in [3.8, 4) is 0 Å². The summed E-state index contributed by atoms with van der Waals surface area (Å²) in [6.07, 6.45) is 1.72. The zero-order valence-corrected chi connectivity index (χ0v) is 11.6. The number of amides is 1. The highest BCUT2D eigenvalue weighted by Crippen LogP contribution is 2.19. The van der Waals surface area contributed by atoms with E-state index in [-0.39, 0.29) is 11.8 Å². The first-order valence-electron chi connectivity index (χ1n) is 5.79. The summed E-state index contributed by atoms with van der Waals surface area (Å²) in [5, 5.41) is 4.07. The lowest BCUT2D eigenvalue weighted by atomic mass is 10.0. The van der Waals surface area contributed by atoms with Crippen LogP contribution in [0.1, 0.15) is 32.3 Å². The predicted octanol–water partition coefficient (Wildman–Crippen LogP) is 4.05. The zero-order valence-electron chi connectivity index (χ0n) is 10.1. The van der Waals surface area contributed by atoms with Crippen LogP contribution in [0.5, 0.6) is 0 Å². The van der Waals surface area contributed by atoms with Gasteiger partial charge in [-0.2, -0.15) is 0 Å². The van der Waals surface area contributed by atoms with Crippen molar-refractivity contribution in [2.24, 2.45) is 5.92 Å². The van der Waals surface area contributed by atoms with Gasteiger partial charge in [-0.05, 0) is 36.6 Å². The molecule has 1 N–H and O–H groups in total. The van der Waals surface area contributed by atoms with Crippen molar-refractivity contribution >= 4 is 29.1 Å². The van der Waals surface area contributed by atoms with Crippen molar-refractivity contribution < 1.29 is 4.79 Å². The molecule has 17 heavy (non-hydrogen) atoms. The molecule has 1 rings (SSSR count). The highest BCUT2D eigenvalue weighted by molar-refractivity contribution is 6.34.